The quantitative estimate of drug-likeness (QED) is 0.630. The molecule has 2 aromatic carbocycles. The third-order valence-electron chi connectivity index (χ3n) is 3.40. The summed E-state index contributed by atoms with van der Waals surface area (Å²) in [4.78, 5) is 0. The molecule has 0 radical (unpaired) electrons. The van der Waals surface area contributed by atoms with Crippen LogP contribution in [0.3, 0.4) is 0 Å². The van der Waals surface area contributed by atoms with Gasteiger partial charge in [0, 0.05) is 0 Å². The summed E-state index contributed by atoms with van der Waals surface area (Å²) in [5, 5.41) is -0.117. The molecular formula is C19H23ClO. The summed E-state index contributed by atoms with van der Waals surface area (Å²) in [6, 6.07) is 16.6. The van der Waals surface area contributed by atoms with Gasteiger partial charge in [-0.2, -0.15) is 0 Å². The van der Waals surface area contributed by atoms with E-state index in [-0.39, 0.29) is 5.38 Å². The Hall–Kier alpha value is -1.47. The molecule has 112 valence electrons. The van der Waals surface area contributed by atoms with E-state index in [1.807, 2.05) is 31.2 Å². The zero-order valence-electron chi connectivity index (χ0n) is 13.0. The van der Waals surface area contributed by atoms with Crippen LogP contribution < -0.4 is 4.74 Å². The van der Waals surface area contributed by atoms with Crippen LogP contribution in [0.2, 0.25) is 0 Å². The van der Waals surface area contributed by atoms with Gasteiger partial charge in [-0.15, -0.1) is 11.6 Å². The molecule has 1 nitrogen and oxygen atoms in total. The van der Waals surface area contributed by atoms with Gasteiger partial charge in [0.1, 0.15) is 5.75 Å². The summed E-state index contributed by atoms with van der Waals surface area (Å²) < 4.78 is 5.46. The molecule has 0 aliphatic carbocycles. The average Bonchev–Trinajstić information content (AvgIpc) is 2.48. The number of hydrogen-bond acceptors (Lipinski definition) is 1. The normalized spacial score (nSPS) is 12.4. The lowest BCUT2D eigenvalue weighted by Crippen LogP contribution is -1.97. The second-order valence-corrected chi connectivity index (χ2v) is 6.14. The Balaban J connectivity index is 2.09. The van der Waals surface area contributed by atoms with Gasteiger partial charge in [0.15, 0.2) is 0 Å². The zero-order valence-corrected chi connectivity index (χ0v) is 13.7. The van der Waals surface area contributed by atoms with Crippen LogP contribution in [0.1, 0.15) is 42.8 Å². The van der Waals surface area contributed by atoms with Crippen molar-refractivity contribution in [2.24, 2.45) is 5.92 Å². The number of hydrogen-bond donors (Lipinski definition) is 0. The van der Waals surface area contributed by atoms with E-state index in [0.717, 1.165) is 23.3 Å². The molecule has 0 fully saturated rings. The largest absolute Gasteiger partial charge is 0.494 e. The van der Waals surface area contributed by atoms with Gasteiger partial charge < -0.3 is 4.74 Å². The Morgan fingerprint density at radius 1 is 0.905 bits per heavy atom. The maximum Gasteiger partial charge on any atom is 0.119 e. The number of benzene rings is 2. The van der Waals surface area contributed by atoms with Crippen LogP contribution in [0, 0.1) is 5.92 Å². The SMILES string of the molecule is CCOc1ccc(C(Cl)c2ccc(CC(C)C)cc2)cc1. The lowest BCUT2D eigenvalue weighted by molar-refractivity contribution is 0.340. The minimum Gasteiger partial charge on any atom is -0.494 e. The summed E-state index contributed by atoms with van der Waals surface area (Å²) in [5.41, 5.74) is 3.59. The van der Waals surface area contributed by atoms with Crippen molar-refractivity contribution >= 4 is 11.6 Å². The molecule has 0 bridgehead atoms. The molecule has 0 amide bonds. The Labute approximate surface area is 132 Å². The molecule has 2 aromatic rings. The van der Waals surface area contributed by atoms with E-state index < -0.39 is 0 Å². The molecule has 21 heavy (non-hydrogen) atoms. The maximum absolute atomic E-state index is 6.58. The lowest BCUT2D eigenvalue weighted by Gasteiger charge is -2.13. The van der Waals surface area contributed by atoms with Gasteiger partial charge in [0.25, 0.3) is 0 Å². The molecule has 2 heteroatoms. The van der Waals surface area contributed by atoms with Crippen molar-refractivity contribution in [3.8, 4) is 5.75 Å². The molecule has 0 aromatic heterocycles. The highest BCUT2D eigenvalue weighted by Crippen LogP contribution is 2.30. The monoisotopic (exact) mass is 302 g/mol. The van der Waals surface area contributed by atoms with E-state index in [9.17, 15) is 0 Å². The highest BCUT2D eigenvalue weighted by Gasteiger charge is 2.11. The van der Waals surface area contributed by atoms with Crippen molar-refractivity contribution in [2.75, 3.05) is 6.61 Å². The fraction of sp³-hybridized carbons (Fsp3) is 0.368. The average molecular weight is 303 g/mol. The first-order valence-corrected chi connectivity index (χ1v) is 7.99. The molecule has 0 aliphatic heterocycles. The highest BCUT2D eigenvalue weighted by molar-refractivity contribution is 6.22. The lowest BCUT2D eigenvalue weighted by atomic mass is 9.99. The fourth-order valence-corrected chi connectivity index (χ4v) is 2.68. The van der Waals surface area contributed by atoms with Gasteiger partial charge in [-0.3, -0.25) is 0 Å². The second kappa shape index (κ2) is 7.51. The van der Waals surface area contributed by atoms with Crippen molar-refractivity contribution in [1.29, 1.82) is 0 Å². The molecule has 0 heterocycles. The third-order valence-corrected chi connectivity index (χ3v) is 3.90. The first kappa shape index (κ1) is 15.9. The van der Waals surface area contributed by atoms with E-state index in [4.69, 9.17) is 16.3 Å². The van der Waals surface area contributed by atoms with Crippen molar-refractivity contribution in [3.05, 3.63) is 65.2 Å². The van der Waals surface area contributed by atoms with Gasteiger partial charge in [-0.05, 0) is 48.1 Å². The van der Waals surface area contributed by atoms with Crippen LogP contribution in [0.4, 0.5) is 0 Å². The van der Waals surface area contributed by atoms with E-state index in [2.05, 4.69) is 38.1 Å². The van der Waals surface area contributed by atoms with Crippen LogP contribution in [0.5, 0.6) is 5.75 Å². The van der Waals surface area contributed by atoms with E-state index in [1.165, 1.54) is 5.56 Å². The predicted octanol–water partition coefficient (Wildman–Crippen LogP) is 5.61. The van der Waals surface area contributed by atoms with E-state index in [1.54, 1.807) is 0 Å². The number of halogens is 1. The van der Waals surface area contributed by atoms with Crippen LogP contribution in [-0.4, -0.2) is 6.61 Å². The summed E-state index contributed by atoms with van der Waals surface area (Å²) in [5.74, 6) is 1.56. The van der Waals surface area contributed by atoms with Gasteiger partial charge in [-0.25, -0.2) is 0 Å². The predicted molar refractivity (Wildman–Crippen MR) is 90.3 cm³/mol. The molecule has 2 rings (SSSR count). The first-order chi connectivity index (χ1) is 10.1. The zero-order chi connectivity index (χ0) is 15.2. The minimum atomic E-state index is -0.117. The maximum atomic E-state index is 6.58. The van der Waals surface area contributed by atoms with Crippen LogP contribution >= 0.6 is 11.6 Å². The van der Waals surface area contributed by atoms with Crippen molar-refractivity contribution in [2.45, 2.75) is 32.6 Å². The smallest absolute Gasteiger partial charge is 0.119 e. The summed E-state index contributed by atoms with van der Waals surface area (Å²) in [6.45, 7) is 7.13. The van der Waals surface area contributed by atoms with Crippen LogP contribution in [0.15, 0.2) is 48.5 Å². The van der Waals surface area contributed by atoms with Gasteiger partial charge in [0.05, 0.1) is 12.0 Å². The van der Waals surface area contributed by atoms with Gasteiger partial charge in [-0.1, -0.05) is 50.2 Å². The molecule has 0 aliphatic rings. The first-order valence-electron chi connectivity index (χ1n) is 7.55. The van der Waals surface area contributed by atoms with Gasteiger partial charge in [0.2, 0.25) is 0 Å². The molecular weight excluding hydrogens is 280 g/mol. The second-order valence-electron chi connectivity index (χ2n) is 5.70. The summed E-state index contributed by atoms with van der Waals surface area (Å²) in [7, 11) is 0. The van der Waals surface area contributed by atoms with E-state index >= 15 is 0 Å². The Kier molecular flexibility index (Phi) is 5.69. The Bertz CT molecular complexity index is 543. The van der Waals surface area contributed by atoms with Crippen molar-refractivity contribution in [3.63, 3.8) is 0 Å². The molecule has 0 saturated heterocycles. The minimum absolute atomic E-state index is 0.117. The number of rotatable bonds is 6. The Morgan fingerprint density at radius 3 is 1.90 bits per heavy atom. The number of ether oxygens (including phenoxy) is 1. The van der Waals surface area contributed by atoms with E-state index in [0.29, 0.717) is 12.5 Å². The standard InChI is InChI=1S/C19H23ClO/c1-4-21-18-11-9-17(10-12-18)19(20)16-7-5-15(6-8-16)13-14(2)3/h5-12,14,19H,4,13H2,1-3H3. The van der Waals surface area contributed by atoms with Crippen LogP contribution in [-0.2, 0) is 6.42 Å². The molecule has 0 saturated carbocycles. The van der Waals surface area contributed by atoms with Gasteiger partial charge >= 0.3 is 0 Å². The summed E-state index contributed by atoms with van der Waals surface area (Å²) in [6.07, 6.45) is 1.11. The molecule has 0 spiro atoms. The fourth-order valence-electron chi connectivity index (χ4n) is 2.39. The molecule has 0 N–H and O–H groups in total. The van der Waals surface area contributed by atoms with Crippen molar-refractivity contribution in [1.82, 2.24) is 0 Å². The Morgan fingerprint density at radius 2 is 1.43 bits per heavy atom. The van der Waals surface area contributed by atoms with Crippen molar-refractivity contribution < 1.29 is 4.74 Å². The highest BCUT2D eigenvalue weighted by atomic mass is 35.5. The molecule has 1 atom stereocenters. The summed E-state index contributed by atoms with van der Waals surface area (Å²) >= 11 is 6.58. The topological polar surface area (TPSA) is 9.23 Å². The number of alkyl halides is 1. The van der Waals surface area contributed by atoms with Crippen LogP contribution in [0.25, 0.3) is 0 Å². The third kappa shape index (κ3) is 4.50. The molecule has 1 unspecified atom stereocenters.